The lowest BCUT2D eigenvalue weighted by Gasteiger charge is -2.12. The van der Waals surface area contributed by atoms with Gasteiger partial charge in [0.2, 0.25) is 5.78 Å². The number of carbonyl (C=O) groups excluding carboxylic acids is 2. The molecule has 0 aliphatic rings. The number of hydrogen-bond donors (Lipinski definition) is 0. The molecule has 2 aromatic heterocycles. The molecule has 0 aliphatic carbocycles. The molecule has 0 saturated carbocycles. The molecule has 0 amide bonds. The van der Waals surface area contributed by atoms with Gasteiger partial charge in [-0.05, 0) is 56.5 Å². The molecule has 0 saturated heterocycles. The van der Waals surface area contributed by atoms with Crippen molar-refractivity contribution >= 4 is 29.2 Å². The van der Waals surface area contributed by atoms with Crippen molar-refractivity contribution in [2.75, 3.05) is 0 Å². The van der Waals surface area contributed by atoms with Gasteiger partial charge in [-0.15, -0.1) is 11.3 Å². The minimum atomic E-state index is -0.852. The van der Waals surface area contributed by atoms with Crippen molar-refractivity contribution in [3.05, 3.63) is 81.8 Å². The van der Waals surface area contributed by atoms with E-state index in [1.807, 2.05) is 72.3 Å². The number of benzene rings is 1. The molecule has 1 aromatic carbocycles. The Morgan fingerprint density at radius 3 is 2.52 bits per heavy atom. The van der Waals surface area contributed by atoms with E-state index in [1.165, 1.54) is 17.4 Å². The quantitative estimate of drug-likeness (QED) is 0.345. The van der Waals surface area contributed by atoms with Gasteiger partial charge in [-0.25, -0.2) is 4.79 Å². The van der Waals surface area contributed by atoms with Gasteiger partial charge in [-0.1, -0.05) is 24.3 Å². The molecule has 0 radical (unpaired) electrons. The maximum Gasteiger partial charge on any atom is 0.331 e. The lowest BCUT2D eigenvalue weighted by molar-refractivity contribution is -0.140. The van der Waals surface area contributed by atoms with E-state index >= 15 is 0 Å². The van der Waals surface area contributed by atoms with E-state index in [9.17, 15) is 9.59 Å². The molecule has 1 atom stereocenters. The summed E-state index contributed by atoms with van der Waals surface area (Å²) in [5.74, 6) is -0.732. The van der Waals surface area contributed by atoms with E-state index in [2.05, 4.69) is 0 Å². The average Bonchev–Trinajstić information content (AvgIpc) is 3.28. The van der Waals surface area contributed by atoms with Gasteiger partial charge in [-0.2, -0.15) is 0 Å². The topological polar surface area (TPSA) is 48.3 Å². The number of ketones is 1. The molecule has 3 rings (SSSR count). The first-order valence-electron chi connectivity index (χ1n) is 8.68. The smallest absolute Gasteiger partial charge is 0.331 e. The van der Waals surface area contributed by atoms with E-state index in [0.717, 1.165) is 22.0 Å². The summed E-state index contributed by atoms with van der Waals surface area (Å²) in [5.41, 5.74) is 3.35. The molecule has 5 heteroatoms. The van der Waals surface area contributed by atoms with E-state index in [-0.39, 0.29) is 5.78 Å². The third kappa shape index (κ3) is 4.26. The fourth-order valence-electron chi connectivity index (χ4n) is 3.01. The molecule has 0 N–H and O–H groups in total. The van der Waals surface area contributed by atoms with Crippen molar-refractivity contribution in [1.29, 1.82) is 0 Å². The first kappa shape index (κ1) is 18.9. The Morgan fingerprint density at radius 1 is 1.11 bits per heavy atom. The van der Waals surface area contributed by atoms with E-state index in [1.54, 1.807) is 13.0 Å². The summed E-state index contributed by atoms with van der Waals surface area (Å²) in [6, 6.07) is 15.5. The fraction of sp³-hybridized carbons (Fsp3) is 0.182. The van der Waals surface area contributed by atoms with Crippen molar-refractivity contribution in [2.45, 2.75) is 26.9 Å². The maximum atomic E-state index is 12.8. The number of Topliss-reactive ketones (excluding diaryl/α,β-unsaturated/α-hetero) is 1. The minimum Gasteiger partial charge on any atom is -0.451 e. The zero-order valence-electron chi connectivity index (χ0n) is 15.5. The van der Waals surface area contributed by atoms with Crippen LogP contribution in [0.25, 0.3) is 11.8 Å². The molecule has 0 fully saturated rings. The van der Waals surface area contributed by atoms with Crippen LogP contribution in [0, 0.1) is 13.8 Å². The highest BCUT2D eigenvalue weighted by molar-refractivity contribution is 7.10. The summed E-state index contributed by atoms with van der Waals surface area (Å²) < 4.78 is 7.32. The summed E-state index contributed by atoms with van der Waals surface area (Å²) in [4.78, 5) is 25.8. The molecule has 1 unspecified atom stereocenters. The van der Waals surface area contributed by atoms with E-state index in [0.29, 0.717) is 5.56 Å². The van der Waals surface area contributed by atoms with Crippen LogP contribution in [0.15, 0.2) is 60.0 Å². The molecule has 27 heavy (non-hydrogen) atoms. The highest BCUT2D eigenvalue weighted by atomic mass is 32.1. The van der Waals surface area contributed by atoms with Crippen molar-refractivity contribution < 1.29 is 14.3 Å². The molecule has 138 valence electrons. The van der Waals surface area contributed by atoms with Crippen molar-refractivity contribution in [3.63, 3.8) is 0 Å². The Labute approximate surface area is 162 Å². The predicted molar refractivity (Wildman–Crippen MR) is 108 cm³/mol. The molecule has 0 spiro atoms. The van der Waals surface area contributed by atoms with Crippen LogP contribution in [0.3, 0.4) is 0 Å². The molecule has 0 bridgehead atoms. The predicted octanol–water partition coefficient (Wildman–Crippen LogP) is 4.98. The second-order valence-electron chi connectivity index (χ2n) is 6.25. The van der Waals surface area contributed by atoms with Crippen LogP contribution in [0.2, 0.25) is 0 Å². The number of ether oxygens (including phenoxy) is 1. The van der Waals surface area contributed by atoms with Crippen LogP contribution in [0.1, 0.15) is 33.5 Å². The van der Waals surface area contributed by atoms with E-state index < -0.39 is 12.1 Å². The highest BCUT2D eigenvalue weighted by Gasteiger charge is 2.23. The van der Waals surface area contributed by atoms with Gasteiger partial charge in [0.15, 0.2) is 6.10 Å². The number of esters is 1. The van der Waals surface area contributed by atoms with Crippen molar-refractivity contribution in [1.82, 2.24) is 4.57 Å². The zero-order chi connectivity index (χ0) is 19.4. The van der Waals surface area contributed by atoms with Crippen LogP contribution in [-0.2, 0) is 9.53 Å². The van der Waals surface area contributed by atoms with Crippen LogP contribution < -0.4 is 0 Å². The molecular weight excluding hydrogens is 358 g/mol. The first-order valence-corrected chi connectivity index (χ1v) is 9.56. The molecule has 2 heterocycles. The number of para-hydroxylation sites is 1. The second-order valence-corrected chi connectivity index (χ2v) is 7.23. The Morgan fingerprint density at radius 2 is 1.85 bits per heavy atom. The Hall–Kier alpha value is -2.92. The fourth-order valence-corrected chi connectivity index (χ4v) is 3.63. The average molecular weight is 379 g/mol. The number of carbonyl (C=O) groups is 2. The lowest BCUT2D eigenvalue weighted by Crippen LogP contribution is -2.24. The van der Waals surface area contributed by atoms with Crippen LogP contribution >= 0.6 is 11.3 Å². The SMILES string of the molecule is Cc1cc(C(=O)C(C)OC(=O)C=Cc2cccs2)c(C)n1-c1ccccc1. The normalized spacial score (nSPS) is 12.3. The van der Waals surface area contributed by atoms with Gasteiger partial charge in [0, 0.05) is 33.6 Å². The minimum absolute atomic E-state index is 0.205. The number of nitrogens with zero attached hydrogens (tertiary/aromatic N) is 1. The summed E-state index contributed by atoms with van der Waals surface area (Å²) in [6.45, 7) is 5.46. The van der Waals surface area contributed by atoms with Crippen LogP contribution in [0.5, 0.6) is 0 Å². The van der Waals surface area contributed by atoms with Crippen molar-refractivity contribution in [3.8, 4) is 5.69 Å². The number of hydrogen-bond acceptors (Lipinski definition) is 4. The summed E-state index contributed by atoms with van der Waals surface area (Å²) >= 11 is 1.53. The lowest BCUT2D eigenvalue weighted by atomic mass is 10.1. The standard InChI is InChI=1S/C22H21NO3S/c1-15-14-20(16(2)23(15)18-8-5-4-6-9-18)22(25)17(3)26-21(24)12-11-19-10-7-13-27-19/h4-14,17H,1-3H3. The summed E-state index contributed by atoms with van der Waals surface area (Å²) in [7, 11) is 0. The number of thiophene rings is 1. The third-order valence-corrected chi connectivity index (χ3v) is 5.14. The zero-order valence-corrected chi connectivity index (χ0v) is 16.3. The van der Waals surface area contributed by atoms with Crippen molar-refractivity contribution in [2.24, 2.45) is 0 Å². The Balaban J connectivity index is 1.75. The van der Waals surface area contributed by atoms with Gasteiger partial charge < -0.3 is 9.30 Å². The number of aryl methyl sites for hydroxylation is 1. The van der Waals surface area contributed by atoms with Gasteiger partial charge >= 0.3 is 5.97 Å². The summed E-state index contributed by atoms with van der Waals surface area (Å²) in [6.07, 6.45) is 2.18. The monoisotopic (exact) mass is 379 g/mol. The molecule has 0 aliphatic heterocycles. The Bertz CT molecular complexity index is 969. The highest BCUT2D eigenvalue weighted by Crippen LogP contribution is 2.22. The second kappa shape index (κ2) is 8.18. The third-order valence-electron chi connectivity index (χ3n) is 4.30. The van der Waals surface area contributed by atoms with Gasteiger partial charge in [0.1, 0.15) is 0 Å². The Kier molecular flexibility index (Phi) is 5.72. The van der Waals surface area contributed by atoms with Crippen LogP contribution in [-0.4, -0.2) is 22.4 Å². The summed E-state index contributed by atoms with van der Waals surface area (Å²) in [5, 5.41) is 1.93. The largest absolute Gasteiger partial charge is 0.451 e. The maximum absolute atomic E-state index is 12.8. The van der Waals surface area contributed by atoms with E-state index in [4.69, 9.17) is 4.74 Å². The molecule has 3 aromatic rings. The first-order chi connectivity index (χ1) is 13.0. The van der Waals surface area contributed by atoms with Gasteiger partial charge in [0.05, 0.1) is 0 Å². The molecular formula is C22H21NO3S. The van der Waals surface area contributed by atoms with Gasteiger partial charge in [-0.3, -0.25) is 4.79 Å². The van der Waals surface area contributed by atoms with Crippen LogP contribution in [0.4, 0.5) is 0 Å². The molecule has 4 nitrogen and oxygen atoms in total. The number of rotatable bonds is 6. The number of aromatic nitrogens is 1. The van der Waals surface area contributed by atoms with Gasteiger partial charge in [0.25, 0.3) is 0 Å².